The summed E-state index contributed by atoms with van der Waals surface area (Å²) in [5.41, 5.74) is 20.2. The Balaban J connectivity index is 0.977. The lowest BCUT2D eigenvalue weighted by molar-refractivity contribution is 0.628. The van der Waals surface area contributed by atoms with E-state index in [1.807, 2.05) is 0 Å². The Morgan fingerprint density at radius 2 is 0.768 bits per heavy atom. The quantitative estimate of drug-likeness (QED) is 0.157. The molecule has 0 N–H and O–H groups in total. The normalized spacial score (nSPS) is 15.7. The van der Waals surface area contributed by atoms with E-state index in [0.717, 1.165) is 11.4 Å². The number of aromatic nitrogens is 1. The van der Waals surface area contributed by atoms with Crippen molar-refractivity contribution in [2.45, 2.75) is 57.8 Å². The largest absolute Gasteiger partial charge is 0.310 e. The molecule has 0 unspecified atom stereocenters. The molecule has 0 spiro atoms. The third kappa shape index (κ3) is 5.01. The Hall–Kier alpha value is -7.94. The van der Waals surface area contributed by atoms with E-state index in [4.69, 9.17) is 0 Å². The summed E-state index contributed by atoms with van der Waals surface area (Å²) in [5, 5.41) is 13.0. The molecule has 0 fully saturated rings. The van der Waals surface area contributed by atoms with Gasteiger partial charge in [0.15, 0.2) is 0 Å². The second kappa shape index (κ2) is 13.2. The van der Waals surface area contributed by atoms with Gasteiger partial charge in [0.05, 0.1) is 22.4 Å². The van der Waals surface area contributed by atoms with Crippen molar-refractivity contribution in [2.75, 3.05) is 4.90 Å². The predicted octanol–water partition coefficient (Wildman–Crippen LogP) is 18.1. The number of benzene rings is 11. The number of para-hydroxylation sites is 1. The number of hydrogen-bond acceptors (Lipinski definition) is 1. The minimum atomic E-state index is -0.290. The van der Waals surface area contributed by atoms with E-state index in [1.165, 1.54) is 132 Å². The molecule has 2 nitrogen and oxygen atoms in total. The average molecular weight is 883 g/mol. The highest BCUT2D eigenvalue weighted by molar-refractivity contribution is 6.26. The van der Waals surface area contributed by atoms with E-state index in [0.29, 0.717) is 0 Å². The summed E-state index contributed by atoms with van der Waals surface area (Å²) in [6.45, 7) is 14.5. The molecule has 69 heavy (non-hydrogen) atoms. The Labute approximate surface area is 402 Å². The Morgan fingerprint density at radius 3 is 1.52 bits per heavy atom. The van der Waals surface area contributed by atoms with E-state index in [1.54, 1.807) is 0 Å². The maximum Gasteiger partial charge on any atom is 0.0544 e. The summed E-state index contributed by atoms with van der Waals surface area (Å²) in [6, 6.07) is 74.2. The van der Waals surface area contributed by atoms with Crippen molar-refractivity contribution < 1.29 is 0 Å². The molecule has 0 saturated carbocycles. The van der Waals surface area contributed by atoms with Gasteiger partial charge in [-0.15, -0.1) is 0 Å². The number of anilines is 3. The van der Waals surface area contributed by atoms with Crippen LogP contribution in [0, 0.1) is 0 Å². The molecule has 2 heteroatoms. The van der Waals surface area contributed by atoms with Gasteiger partial charge in [0, 0.05) is 38.4 Å². The van der Waals surface area contributed by atoms with E-state index in [-0.39, 0.29) is 16.2 Å². The lowest BCUT2D eigenvalue weighted by atomic mass is 9.71. The second-order valence-electron chi connectivity index (χ2n) is 21.7. The zero-order valence-corrected chi connectivity index (χ0v) is 39.9. The van der Waals surface area contributed by atoms with Gasteiger partial charge in [-0.25, -0.2) is 0 Å². The highest BCUT2D eigenvalue weighted by Gasteiger charge is 2.43. The third-order valence-corrected chi connectivity index (χ3v) is 17.1. The van der Waals surface area contributed by atoms with Crippen molar-refractivity contribution in [3.05, 3.63) is 228 Å². The highest BCUT2D eigenvalue weighted by atomic mass is 15.2. The molecule has 1 aromatic heterocycles. The van der Waals surface area contributed by atoms with E-state index in [9.17, 15) is 0 Å². The zero-order chi connectivity index (χ0) is 46.3. The molecule has 2 aliphatic carbocycles. The standard InChI is InChI=1S/C67H50N2/c1-65(2)55-28-15-13-26-47(55)51-34-54-48-27-14-16-29-61(48)68(62(54)37-57(51)65)41-20-17-21-42(32-41)69-63-31-40-19-8-7-18-39(40)30-59(63)67(5,6)60-36-53-52-33-49-45-24-11-9-22-43(45)44-23-10-12-25-46(44)50(49)35-56(52)66(3,4)58(53)38-64(60)69/h7-38H,1-6H3. The summed E-state index contributed by atoms with van der Waals surface area (Å²) in [7, 11) is 0. The first-order valence-corrected chi connectivity index (χ1v) is 24.7. The van der Waals surface area contributed by atoms with E-state index < -0.39 is 0 Å². The average Bonchev–Trinajstić information content (AvgIpc) is 3.90. The molecule has 2 heterocycles. The lowest BCUT2D eigenvalue weighted by Gasteiger charge is -2.43. The zero-order valence-electron chi connectivity index (χ0n) is 39.9. The molecule has 15 rings (SSSR count). The summed E-state index contributed by atoms with van der Waals surface area (Å²) in [4.78, 5) is 2.59. The highest BCUT2D eigenvalue weighted by Crippen LogP contribution is 2.59. The predicted molar refractivity (Wildman–Crippen MR) is 293 cm³/mol. The molecule has 1 aliphatic heterocycles. The summed E-state index contributed by atoms with van der Waals surface area (Å²) >= 11 is 0. The number of fused-ring (bicyclic) bond motifs is 18. The molecule has 0 radical (unpaired) electrons. The third-order valence-electron chi connectivity index (χ3n) is 17.1. The first-order chi connectivity index (χ1) is 33.5. The van der Waals surface area contributed by atoms with Gasteiger partial charge >= 0.3 is 0 Å². The van der Waals surface area contributed by atoms with Crippen molar-refractivity contribution in [2.24, 2.45) is 0 Å². The molecule has 11 aromatic carbocycles. The maximum atomic E-state index is 2.59. The van der Waals surface area contributed by atoms with Gasteiger partial charge < -0.3 is 9.47 Å². The molecular weight excluding hydrogens is 833 g/mol. The maximum absolute atomic E-state index is 2.59. The molecule has 0 atom stereocenters. The van der Waals surface area contributed by atoms with Crippen LogP contribution in [0.1, 0.15) is 74.9 Å². The van der Waals surface area contributed by atoms with E-state index in [2.05, 4.69) is 245 Å². The van der Waals surface area contributed by atoms with E-state index >= 15 is 0 Å². The minimum absolute atomic E-state index is 0.109. The summed E-state index contributed by atoms with van der Waals surface area (Å²) in [5.74, 6) is 0. The molecule has 0 bridgehead atoms. The molecule has 3 aliphatic rings. The van der Waals surface area contributed by atoms with Crippen molar-refractivity contribution >= 4 is 82.0 Å². The first-order valence-electron chi connectivity index (χ1n) is 24.7. The van der Waals surface area contributed by atoms with Gasteiger partial charge in [0.1, 0.15) is 0 Å². The SMILES string of the molecule is CC1(C)c2cc3c(cc2-c2cc4c5ccccc5c5ccccc5c4cc21)C(C)(C)c1cc2ccccc2cc1N3c1cccc(-n2c3ccccc3c3cc4c(cc32)C(C)(C)c2ccccc2-4)c1. The van der Waals surface area contributed by atoms with Crippen LogP contribution in [0.3, 0.4) is 0 Å². The van der Waals surface area contributed by atoms with Gasteiger partial charge in [-0.05, 0) is 172 Å². The fourth-order valence-corrected chi connectivity index (χ4v) is 13.5. The fourth-order valence-electron chi connectivity index (χ4n) is 13.5. The van der Waals surface area contributed by atoms with Crippen LogP contribution in [0.25, 0.3) is 92.8 Å². The van der Waals surface area contributed by atoms with Gasteiger partial charge in [-0.1, -0.05) is 163 Å². The van der Waals surface area contributed by atoms with Crippen LogP contribution in [0.4, 0.5) is 17.1 Å². The lowest BCUT2D eigenvalue weighted by Crippen LogP contribution is -2.31. The van der Waals surface area contributed by atoms with Crippen LogP contribution in [-0.2, 0) is 16.2 Å². The van der Waals surface area contributed by atoms with Gasteiger partial charge in [0.25, 0.3) is 0 Å². The van der Waals surface area contributed by atoms with Crippen LogP contribution < -0.4 is 4.90 Å². The van der Waals surface area contributed by atoms with Crippen molar-refractivity contribution in [3.8, 4) is 27.9 Å². The van der Waals surface area contributed by atoms with Crippen molar-refractivity contribution in [1.82, 2.24) is 4.57 Å². The summed E-state index contributed by atoms with van der Waals surface area (Å²) < 4.78 is 2.52. The molecular formula is C67H50N2. The van der Waals surface area contributed by atoms with Crippen LogP contribution in [0.2, 0.25) is 0 Å². The van der Waals surface area contributed by atoms with Gasteiger partial charge in [-0.2, -0.15) is 0 Å². The Bertz CT molecular complexity index is 4290. The smallest absolute Gasteiger partial charge is 0.0544 e. The van der Waals surface area contributed by atoms with Crippen LogP contribution in [-0.4, -0.2) is 4.57 Å². The minimum Gasteiger partial charge on any atom is -0.310 e. The second-order valence-corrected chi connectivity index (χ2v) is 21.7. The summed E-state index contributed by atoms with van der Waals surface area (Å²) in [6.07, 6.45) is 0. The van der Waals surface area contributed by atoms with Gasteiger partial charge in [-0.3, -0.25) is 0 Å². The number of nitrogens with zero attached hydrogens (tertiary/aromatic N) is 2. The first kappa shape index (κ1) is 39.1. The van der Waals surface area contributed by atoms with Crippen molar-refractivity contribution in [3.63, 3.8) is 0 Å². The van der Waals surface area contributed by atoms with Crippen LogP contribution in [0.5, 0.6) is 0 Å². The van der Waals surface area contributed by atoms with Crippen LogP contribution in [0.15, 0.2) is 194 Å². The Morgan fingerprint density at radius 1 is 0.275 bits per heavy atom. The number of hydrogen-bond donors (Lipinski definition) is 0. The fraction of sp³-hybridized carbons (Fsp3) is 0.134. The number of rotatable bonds is 2. The topological polar surface area (TPSA) is 8.17 Å². The molecule has 0 saturated heterocycles. The molecule has 0 amide bonds. The molecule has 328 valence electrons. The van der Waals surface area contributed by atoms with Crippen molar-refractivity contribution in [1.29, 1.82) is 0 Å². The Kier molecular flexibility index (Phi) is 7.47. The van der Waals surface area contributed by atoms with Gasteiger partial charge in [0.2, 0.25) is 0 Å². The van der Waals surface area contributed by atoms with Crippen LogP contribution >= 0.6 is 0 Å². The monoisotopic (exact) mass is 882 g/mol. The molecule has 12 aromatic rings.